The first-order valence-electron chi connectivity index (χ1n) is 6.21. The third kappa shape index (κ3) is 3.57. The Morgan fingerprint density at radius 3 is 2.89 bits per heavy atom. The summed E-state index contributed by atoms with van der Waals surface area (Å²) in [6.07, 6.45) is 2.27. The smallest absolute Gasteiger partial charge is 0.129 e. The molecule has 2 aromatic rings. The zero-order valence-corrected chi connectivity index (χ0v) is 12.4. The van der Waals surface area contributed by atoms with E-state index in [-0.39, 0.29) is 0 Å². The van der Waals surface area contributed by atoms with Crippen molar-refractivity contribution in [2.75, 3.05) is 13.7 Å². The summed E-state index contributed by atoms with van der Waals surface area (Å²) in [4.78, 5) is 2.83. The van der Waals surface area contributed by atoms with Crippen molar-refractivity contribution in [3.63, 3.8) is 0 Å². The van der Waals surface area contributed by atoms with E-state index in [1.807, 2.05) is 11.3 Å². The Morgan fingerprint density at radius 1 is 1.39 bits per heavy atom. The lowest BCUT2D eigenvalue weighted by molar-refractivity contribution is 0.415. The van der Waals surface area contributed by atoms with Crippen LogP contribution >= 0.6 is 22.7 Å². The molecule has 4 heteroatoms. The molecule has 0 aliphatic heterocycles. The van der Waals surface area contributed by atoms with E-state index in [1.165, 1.54) is 9.75 Å². The van der Waals surface area contributed by atoms with Gasteiger partial charge in [0.15, 0.2) is 0 Å². The standard InChI is InChI=1S/C14H19NOS2/c1-3-15-13(7-6-12-5-4-8-17-12)14-9-11(16-2)10-18-14/h4-5,8-10,13,15H,3,6-7H2,1-2H3. The minimum absolute atomic E-state index is 0.436. The largest absolute Gasteiger partial charge is 0.496 e. The van der Waals surface area contributed by atoms with E-state index in [0.29, 0.717) is 6.04 Å². The van der Waals surface area contributed by atoms with Gasteiger partial charge in [-0.25, -0.2) is 0 Å². The van der Waals surface area contributed by atoms with Crippen LogP contribution in [0.1, 0.15) is 29.1 Å². The van der Waals surface area contributed by atoms with Gasteiger partial charge < -0.3 is 10.1 Å². The van der Waals surface area contributed by atoms with Gasteiger partial charge in [0.25, 0.3) is 0 Å². The summed E-state index contributed by atoms with van der Waals surface area (Å²) < 4.78 is 5.26. The minimum atomic E-state index is 0.436. The summed E-state index contributed by atoms with van der Waals surface area (Å²) in [6, 6.07) is 6.91. The Labute approximate surface area is 117 Å². The highest BCUT2D eigenvalue weighted by atomic mass is 32.1. The molecule has 0 saturated heterocycles. The molecule has 0 aromatic carbocycles. The maximum atomic E-state index is 5.26. The van der Waals surface area contributed by atoms with E-state index in [4.69, 9.17) is 4.74 Å². The predicted molar refractivity (Wildman–Crippen MR) is 79.9 cm³/mol. The maximum absolute atomic E-state index is 5.26. The van der Waals surface area contributed by atoms with Crippen molar-refractivity contribution in [2.24, 2.45) is 0 Å². The SMILES string of the molecule is CCNC(CCc1cccs1)c1cc(OC)cs1. The Morgan fingerprint density at radius 2 is 2.28 bits per heavy atom. The molecule has 18 heavy (non-hydrogen) atoms. The van der Waals surface area contributed by atoms with E-state index >= 15 is 0 Å². The second-order valence-electron chi connectivity index (χ2n) is 4.12. The van der Waals surface area contributed by atoms with Gasteiger partial charge in [-0.05, 0) is 36.9 Å². The first-order chi connectivity index (χ1) is 8.83. The zero-order chi connectivity index (χ0) is 12.8. The van der Waals surface area contributed by atoms with Gasteiger partial charge in [-0.15, -0.1) is 22.7 Å². The number of aryl methyl sites for hydroxylation is 1. The topological polar surface area (TPSA) is 21.3 Å². The second kappa shape index (κ2) is 6.92. The number of hydrogen-bond acceptors (Lipinski definition) is 4. The van der Waals surface area contributed by atoms with Crippen molar-refractivity contribution in [1.29, 1.82) is 0 Å². The molecule has 0 fully saturated rings. The lowest BCUT2D eigenvalue weighted by Crippen LogP contribution is -2.20. The average Bonchev–Trinajstić information content (AvgIpc) is 3.05. The molecular formula is C14H19NOS2. The molecule has 1 atom stereocenters. The van der Waals surface area contributed by atoms with Gasteiger partial charge in [-0.1, -0.05) is 13.0 Å². The third-order valence-corrected chi connectivity index (χ3v) is 4.85. The van der Waals surface area contributed by atoms with Gasteiger partial charge in [0.1, 0.15) is 5.75 Å². The van der Waals surface area contributed by atoms with Crippen molar-refractivity contribution in [3.8, 4) is 5.75 Å². The molecule has 2 aromatic heterocycles. The lowest BCUT2D eigenvalue weighted by atomic mass is 10.1. The average molecular weight is 281 g/mol. The van der Waals surface area contributed by atoms with Crippen LogP contribution in [-0.4, -0.2) is 13.7 Å². The fourth-order valence-corrected chi connectivity index (χ4v) is 3.65. The fourth-order valence-electron chi connectivity index (χ4n) is 1.96. The molecule has 0 saturated carbocycles. The highest BCUT2D eigenvalue weighted by Gasteiger charge is 2.13. The minimum Gasteiger partial charge on any atom is -0.496 e. The van der Waals surface area contributed by atoms with Crippen LogP contribution in [0, 0.1) is 0 Å². The number of hydrogen-bond donors (Lipinski definition) is 1. The van der Waals surface area contributed by atoms with Gasteiger partial charge in [0.05, 0.1) is 7.11 Å². The van der Waals surface area contributed by atoms with Crippen molar-refractivity contribution in [3.05, 3.63) is 38.7 Å². The van der Waals surface area contributed by atoms with Crippen molar-refractivity contribution in [1.82, 2.24) is 5.32 Å². The molecule has 1 N–H and O–H groups in total. The summed E-state index contributed by atoms with van der Waals surface area (Å²) in [5, 5.41) is 7.78. The Bertz CT molecular complexity index is 450. The van der Waals surface area contributed by atoms with E-state index in [9.17, 15) is 0 Å². The summed E-state index contributed by atoms with van der Waals surface area (Å²) in [6.45, 7) is 3.15. The highest BCUT2D eigenvalue weighted by Crippen LogP contribution is 2.29. The molecule has 0 aliphatic carbocycles. The predicted octanol–water partition coefficient (Wildman–Crippen LogP) is 4.10. The molecule has 0 amide bonds. The van der Waals surface area contributed by atoms with Crippen molar-refractivity contribution in [2.45, 2.75) is 25.8 Å². The van der Waals surface area contributed by atoms with Crippen LogP contribution in [0.15, 0.2) is 29.0 Å². The van der Waals surface area contributed by atoms with Crippen LogP contribution in [-0.2, 0) is 6.42 Å². The summed E-state index contributed by atoms with van der Waals surface area (Å²) in [7, 11) is 1.72. The van der Waals surface area contributed by atoms with Crippen LogP contribution < -0.4 is 10.1 Å². The molecule has 1 unspecified atom stereocenters. The quantitative estimate of drug-likeness (QED) is 0.825. The van der Waals surface area contributed by atoms with E-state index < -0.39 is 0 Å². The van der Waals surface area contributed by atoms with Crippen LogP contribution in [0.25, 0.3) is 0 Å². The number of ether oxygens (including phenoxy) is 1. The monoisotopic (exact) mass is 281 g/mol. The molecule has 0 spiro atoms. The summed E-state index contributed by atoms with van der Waals surface area (Å²) in [5.74, 6) is 0.967. The molecule has 0 radical (unpaired) electrons. The van der Waals surface area contributed by atoms with Gasteiger partial charge >= 0.3 is 0 Å². The van der Waals surface area contributed by atoms with E-state index in [0.717, 1.165) is 25.1 Å². The fraction of sp³-hybridized carbons (Fsp3) is 0.429. The van der Waals surface area contributed by atoms with Crippen molar-refractivity contribution >= 4 is 22.7 Å². The summed E-state index contributed by atoms with van der Waals surface area (Å²) in [5.41, 5.74) is 0. The molecule has 98 valence electrons. The van der Waals surface area contributed by atoms with E-state index in [1.54, 1.807) is 18.4 Å². The van der Waals surface area contributed by atoms with Crippen molar-refractivity contribution < 1.29 is 4.74 Å². The van der Waals surface area contributed by atoms with Crippen LogP contribution in [0.5, 0.6) is 5.75 Å². The third-order valence-electron chi connectivity index (χ3n) is 2.88. The molecule has 0 bridgehead atoms. The normalized spacial score (nSPS) is 12.6. The Balaban J connectivity index is 1.98. The highest BCUT2D eigenvalue weighted by molar-refractivity contribution is 7.10. The number of nitrogens with one attached hydrogen (secondary N) is 1. The molecule has 0 aliphatic rings. The molecular weight excluding hydrogens is 262 g/mol. The molecule has 2 nitrogen and oxygen atoms in total. The first kappa shape index (κ1) is 13.6. The maximum Gasteiger partial charge on any atom is 0.129 e. The number of rotatable bonds is 7. The molecule has 2 rings (SSSR count). The van der Waals surface area contributed by atoms with Gasteiger partial charge in [0.2, 0.25) is 0 Å². The van der Waals surface area contributed by atoms with Gasteiger partial charge in [-0.2, -0.15) is 0 Å². The summed E-state index contributed by atoms with van der Waals surface area (Å²) >= 11 is 3.61. The van der Waals surface area contributed by atoms with Gasteiger partial charge in [-0.3, -0.25) is 0 Å². The van der Waals surface area contributed by atoms with Gasteiger partial charge in [0, 0.05) is 21.2 Å². The first-order valence-corrected chi connectivity index (χ1v) is 7.97. The van der Waals surface area contributed by atoms with Crippen LogP contribution in [0.3, 0.4) is 0 Å². The van der Waals surface area contributed by atoms with Crippen LogP contribution in [0.2, 0.25) is 0 Å². The second-order valence-corrected chi connectivity index (χ2v) is 6.09. The Kier molecular flexibility index (Phi) is 5.23. The van der Waals surface area contributed by atoms with E-state index in [2.05, 4.69) is 41.2 Å². The van der Waals surface area contributed by atoms with Crippen LogP contribution in [0.4, 0.5) is 0 Å². The Hall–Kier alpha value is -0.840. The number of methoxy groups -OCH3 is 1. The zero-order valence-electron chi connectivity index (χ0n) is 10.8. The lowest BCUT2D eigenvalue weighted by Gasteiger charge is -2.15. The number of thiophene rings is 2. The molecule has 2 heterocycles.